The molecule has 0 unspecified atom stereocenters. The molecule has 1 saturated heterocycles. The van der Waals surface area contributed by atoms with Gasteiger partial charge in [0.05, 0.1) is 7.11 Å². The lowest BCUT2D eigenvalue weighted by Gasteiger charge is -1.95. The van der Waals surface area contributed by atoms with Gasteiger partial charge in [0.2, 0.25) is 0 Å². The van der Waals surface area contributed by atoms with Crippen molar-refractivity contribution in [1.29, 1.82) is 0 Å². The zero-order chi connectivity index (χ0) is 10.8. The van der Waals surface area contributed by atoms with Crippen LogP contribution in [0.25, 0.3) is 0 Å². The number of methoxy groups -OCH3 is 1. The zero-order valence-corrected chi connectivity index (χ0v) is 8.17. The first-order valence-electron chi connectivity index (χ1n) is 4.56. The summed E-state index contributed by atoms with van der Waals surface area (Å²) < 4.78 is 9.44. The van der Waals surface area contributed by atoms with Gasteiger partial charge in [0, 0.05) is 5.56 Å². The molecule has 0 saturated carbocycles. The first-order valence-corrected chi connectivity index (χ1v) is 4.56. The lowest BCUT2D eigenvalue weighted by atomic mass is 10.1. The van der Waals surface area contributed by atoms with Gasteiger partial charge in [-0.25, -0.2) is 4.79 Å². The van der Waals surface area contributed by atoms with Gasteiger partial charge in [0.25, 0.3) is 0 Å². The largest absolute Gasteiger partial charge is 0.467 e. The molecule has 1 fully saturated rings. The van der Waals surface area contributed by atoms with Crippen LogP contribution in [0.15, 0.2) is 30.3 Å². The fourth-order valence-electron chi connectivity index (χ4n) is 1.37. The third-order valence-electron chi connectivity index (χ3n) is 2.24. The lowest BCUT2D eigenvalue weighted by molar-refractivity contribution is -0.142. The molecule has 0 aromatic heterocycles. The second-order valence-corrected chi connectivity index (χ2v) is 3.23. The van der Waals surface area contributed by atoms with Gasteiger partial charge in [-0.15, -0.1) is 0 Å². The summed E-state index contributed by atoms with van der Waals surface area (Å²) in [5.41, 5.74) is 0.550. The van der Waals surface area contributed by atoms with Gasteiger partial charge in [-0.05, 0) is 0 Å². The predicted molar refractivity (Wildman–Crippen MR) is 51.4 cm³/mol. The topological polar surface area (TPSA) is 55.9 Å². The molecule has 1 aliphatic rings. The predicted octanol–water partition coefficient (Wildman–Crippen LogP) is 0.810. The third kappa shape index (κ3) is 1.89. The van der Waals surface area contributed by atoms with E-state index in [2.05, 4.69) is 4.74 Å². The van der Waals surface area contributed by atoms with Crippen molar-refractivity contribution in [3.05, 3.63) is 35.9 Å². The Morgan fingerprint density at radius 2 is 1.87 bits per heavy atom. The van der Waals surface area contributed by atoms with Gasteiger partial charge in [-0.3, -0.25) is 4.79 Å². The monoisotopic (exact) mass is 206 g/mol. The molecule has 0 amide bonds. The molecule has 0 aliphatic carbocycles. The van der Waals surface area contributed by atoms with E-state index in [-0.39, 0.29) is 5.78 Å². The molecular formula is C11H10O4. The van der Waals surface area contributed by atoms with E-state index in [0.717, 1.165) is 0 Å². The van der Waals surface area contributed by atoms with Gasteiger partial charge in [-0.1, -0.05) is 30.3 Å². The van der Waals surface area contributed by atoms with Crippen LogP contribution in [0.2, 0.25) is 0 Å². The average molecular weight is 206 g/mol. The van der Waals surface area contributed by atoms with Crippen molar-refractivity contribution in [2.24, 2.45) is 0 Å². The van der Waals surface area contributed by atoms with Gasteiger partial charge in [0.15, 0.2) is 18.0 Å². The third-order valence-corrected chi connectivity index (χ3v) is 2.24. The Bertz CT molecular complexity index is 385. The molecule has 1 aliphatic heterocycles. The Morgan fingerprint density at radius 1 is 1.20 bits per heavy atom. The number of carbonyl (C=O) groups is 2. The molecule has 0 spiro atoms. The van der Waals surface area contributed by atoms with Crippen LogP contribution in [0.5, 0.6) is 0 Å². The summed E-state index contributed by atoms with van der Waals surface area (Å²) in [6, 6.07) is 8.74. The van der Waals surface area contributed by atoms with E-state index in [4.69, 9.17) is 4.74 Å². The molecule has 0 bridgehead atoms. The summed E-state index contributed by atoms with van der Waals surface area (Å²) in [5.74, 6) is -0.671. The van der Waals surface area contributed by atoms with Crippen LogP contribution in [-0.4, -0.2) is 31.1 Å². The highest BCUT2D eigenvalue weighted by Crippen LogP contribution is 2.26. The maximum absolute atomic E-state index is 11.7. The molecule has 0 radical (unpaired) electrons. The summed E-state index contributed by atoms with van der Waals surface area (Å²) in [4.78, 5) is 22.7. The number of Topliss-reactive ketones (excluding diaryl/α,β-unsaturated/α-hetero) is 1. The highest BCUT2D eigenvalue weighted by Gasteiger charge is 2.51. The minimum Gasteiger partial charge on any atom is -0.467 e. The van der Waals surface area contributed by atoms with Crippen molar-refractivity contribution in [3.63, 3.8) is 0 Å². The SMILES string of the molecule is COC(=O)[C@H]1O[C@@H]1C(=O)c1ccccc1. The van der Waals surface area contributed by atoms with E-state index in [0.29, 0.717) is 5.56 Å². The molecule has 4 heteroatoms. The number of hydrogen-bond donors (Lipinski definition) is 0. The summed E-state index contributed by atoms with van der Waals surface area (Å²) in [6.45, 7) is 0. The van der Waals surface area contributed by atoms with Crippen molar-refractivity contribution in [2.75, 3.05) is 7.11 Å². The quantitative estimate of drug-likeness (QED) is 0.417. The van der Waals surface area contributed by atoms with Crippen LogP contribution in [0.1, 0.15) is 10.4 Å². The van der Waals surface area contributed by atoms with Crippen LogP contribution in [0.4, 0.5) is 0 Å². The number of ether oxygens (including phenoxy) is 2. The van der Waals surface area contributed by atoms with Crippen molar-refractivity contribution in [1.82, 2.24) is 0 Å². The van der Waals surface area contributed by atoms with Crippen molar-refractivity contribution < 1.29 is 19.1 Å². The minimum atomic E-state index is -0.720. The molecule has 4 nitrogen and oxygen atoms in total. The van der Waals surface area contributed by atoms with Crippen LogP contribution in [0.3, 0.4) is 0 Å². The first-order chi connectivity index (χ1) is 7.24. The van der Waals surface area contributed by atoms with Crippen LogP contribution < -0.4 is 0 Å². The Labute approximate surface area is 86.8 Å². The molecule has 15 heavy (non-hydrogen) atoms. The van der Waals surface area contributed by atoms with E-state index < -0.39 is 18.2 Å². The lowest BCUT2D eigenvalue weighted by Crippen LogP contribution is -2.17. The molecule has 1 heterocycles. The van der Waals surface area contributed by atoms with Crippen molar-refractivity contribution >= 4 is 11.8 Å². The number of benzene rings is 1. The summed E-state index contributed by atoms with van der Waals surface area (Å²) in [5, 5.41) is 0. The first kappa shape index (κ1) is 9.86. The Hall–Kier alpha value is -1.68. The van der Waals surface area contributed by atoms with E-state index in [1.54, 1.807) is 24.3 Å². The standard InChI is InChI=1S/C11H10O4/c1-14-11(13)10-9(15-10)8(12)7-5-3-2-4-6-7/h2-6,9-10H,1H3/t9-,10+/m1/s1. The number of esters is 1. The molecule has 2 rings (SSSR count). The second kappa shape index (κ2) is 3.82. The molecule has 1 aromatic carbocycles. The van der Waals surface area contributed by atoms with Crippen LogP contribution >= 0.6 is 0 Å². The number of ketones is 1. The van der Waals surface area contributed by atoms with Crippen molar-refractivity contribution in [2.45, 2.75) is 12.2 Å². The zero-order valence-electron chi connectivity index (χ0n) is 8.17. The summed E-state index contributed by atoms with van der Waals surface area (Å²) in [7, 11) is 1.27. The highest BCUT2D eigenvalue weighted by atomic mass is 16.6. The van der Waals surface area contributed by atoms with E-state index >= 15 is 0 Å². The van der Waals surface area contributed by atoms with Crippen molar-refractivity contribution in [3.8, 4) is 0 Å². The number of hydrogen-bond acceptors (Lipinski definition) is 4. The van der Waals surface area contributed by atoms with Gasteiger partial charge >= 0.3 is 5.97 Å². The highest BCUT2D eigenvalue weighted by molar-refractivity contribution is 6.04. The van der Waals surface area contributed by atoms with Gasteiger partial charge in [-0.2, -0.15) is 0 Å². The van der Waals surface area contributed by atoms with Crippen LogP contribution in [0, 0.1) is 0 Å². The minimum absolute atomic E-state index is 0.175. The fraction of sp³-hybridized carbons (Fsp3) is 0.273. The van der Waals surface area contributed by atoms with Gasteiger partial charge < -0.3 is 9.47 Å². The molecule has 0 N–H and O–H groups in total. The van der Waals surface area contributed by atoms with E-state index in [9.17, 15) is 9.59 Å². The smallest absolute Gasteiger partial charge is 0.338 e. The molecule has 78 valence electrons. The molecule has 2 atom stereocenters. The summed E-state index contributed by atoms with van der Waals surface area (Å²) in [6.07, 6.45) is -1.39. The Kier molecular flexibility index (Phi) is 2.51. The number of rotatable bonds is 3. The number of carbonyl (C=O) groups excluding carboxylic acids is 2. The summed E-state index contributed by atoms with van der Waals surface area (Å²) >= 11 is 0. The Morgan fingerprint density at radius 3 is 2.47 bits per heavy atom. The number of epoxide rings is 1. The normalized spacial score (nSPS) is 23.3. The maximum Gasteiger partial charge on any atom is 0.338 e. The fourth-order valence-corrected chi connectivity index (χ4v) is 1.37. The van der Waals surface area contributed by atoms with E-state index in [1.807, 2.05) is 6.07 Å². The van der Waals surface area contributed by atoms with Crippen LogP contribution in [-0.2, 0) is 14.3 Å². The second-order valence-electron chi connectivity index (χ2n) is 3.23. The molecular weight excluding hydrogens is 196 g/mol. The Balaban J connectivity index is 2.04. The average Bonchev–Trinajstić information content (AvgIpc) is 3.08. The maximum atomic E-state index is 11.7. The van der Waals surface area contributed by atoms with E-state index in [1.165, 1.54) is 7.11 Å². The molecule has 1 aromatic rings. The van der Waals surface area contributed by atoms with Gasteiger partial charge in [0.1, 0.15) is 0 Å².